The molecule has 0 bridgehead atoms. The van der Waals surface area contributed by atoms with Gasteiger partial charge in [-0.1, -0.05) is 25.0 Å². The predicted octanol–water partition coefficient (Wildman–Crippen LogP) is 3.19. The first-order valence-electron chi connectivity index (χ1n) is 9.54. The van der Waals surface area contributed by atoms with Gasteiger partial charge in [-0.25, -0.2) is 0 Å². The summed E-state index contributed by atoms with van der Waals surface area (Å²) in [5, 5.41) is 4.74. The molecule has 0 unspecified atom stereocenters. The van der Waals surface area contributed by atoms with Gasteiger partial charge in [-0.2, -0.15) is 0 Å². The Bertz CT molecular complexity index is 842. The molecule has 148 valence electrons. The largest absolute Gasteiger partial charge is 0.486 e. The Morgan fingerprint density at radius 3 is 2.64 bits per heavy atom. The van der Waals surface area contributed by atoms with Crippen molar-refractivity contribution in [1.29, 1.82) is 0 Å². The van der Waals surface area contributed by atoms with Gasteiger partial charge in [-0.3, -0.25) is 9.59 Å². The maximum absolute atomic E-state index is 13.0. The van der Waals surface area contributed by atoms with E-state index in [9.17, 15) is 9.59 Å². The molecule has 2 heterocycles. The number of benzene rings is 1. The zero-order valence-corrected chi connectivity index (χ0v) is 16.4. The fourth-order valence-corrected chi connectivity index (χ4v) is 4.49. The molecule has 1 saturated carbocycles. The van der Waals surface area contributed by atoms with E-state index in [1.165, 1.54) is 0 Å². The average molecular weight is 401 g/mol. The molecule has 0 spiro atoms. The zero-order valence-electron chi connectivity index (χ0n) is 15.6. The second kappa shape index (κ2) is 8.22. The van der Waals surface area contributed by atoms with Crippen LogP contribution in [0.25, 0.3) is 0 Å². The Balaban J connectivity index is 1.42. The summed E-state index contributed by atoms with van der Waals surface area (Å²) in [4.78, 5) is 26.1. The summed E-state index contributed by atoms with van der Waals surface area (Å²) < 4.78 is 16.7. The first-order chi connectivity index (χ1) is 13.7. The zero-order chi connectivity index (χ0) is 19.4. The van der Waals surface area contributed by atoms with Gasteiger partial charge in [0.1, 0.15) is 13.2 Å². The number of hydrogen-bond donors (Lipinski definition) is 1. The molecule has 6 nitrogen and oxygen atoms in total. The molecule has 0 atom stereocenters. The lowest BCUT2D eigenvalue weighted by Crippen LogP contribution is -2.37. The normalized spacial score (nSPS) is 17.1. The number of carbonyl (C=O) groups is 2. The second-order valence-electron chi connectivity index (χ2n) is 7.08. The number of nitrogens with one attached hydrogen (secondary N) is 1. The molecule has 0 radical (unpaired) electrons. The molecule has 4 rings (SSSR count). The first kappa shape index (κ1) is 18.8. The van der Waals surface area contributed by atoms with Crippen molar-refractivity contribution in [3.8, 4) is 11.5 Å². The van der Waals surface area contributed by atoms with Crippen LogP contribution in [-0.2, 0) is 26.3 Å². The van der Waals surface area contributed by atoms with Gasteiger partial charge in [0.2, 0.25) is 0 Å². The Hall–Kier alpha value is -2.54. The van der Waals surface area contributed by atoms with Crippen molar-refractivity contribution in [2.75, 3.05) is 19.8 Å². The molecule has 2 aromatic rings. The fourth-order valence-electron chi connectivity index (χ4n) is 3.85. The van der Waals surface area contributed by atoms with E-state index < -0.39 is 5.41 Å². The third kappa shape index (κ3) is 3.85. The second-order valence-corrected chi connectivity index (χ2v) is 8.11. The number of ether oxygens (including phenoxy) is 3. The van der Waals surface area contributed by atoms with Gasteiger partial charge >= 0.3 is 5.97 Å². The van der Waals surface area contributed by atoms with Crippen LogP contribution in [0.4, 0.5) is 0 Å². The lowest BCUT2D eigenvalue weighted by atomic mass is 9.78. The number of amides is 1. The minimum atomic E-state index is -0.718. The Kier molecular flexibility index (Phi) is 5.52. The van der Waals surface area contributed by atoms with Crippen molar-refractivity contribution >= 4 is 23.2 Å². The third-order valence-electron chi connectivity index (χ3n) is 5.32. The van der Waals surface area contributed by atoms with Crippen molar-refractivity contribution in [2.45, 2.75) is 37.6 Å². The van der Waals surface area contributed by atoms with Gasteiger partial charge in [0.05, 0.1) is 12.0 Å². The summed E-state index contributed by atoms with van der Waals surface area (Å²) in [5.41, 5.74) is 0.155. The highest BCUT2D eigenvalue weighted by molar-refractivity contribution is 7.09. The van der Waals surface area contributed by atoms with Gasteiger partial charge in [-0.15, -0.1) is 11.3 Å². The number of carbonyl (C=O) groups excluding carboxylic acids is 2. The van der Waals surface area contributed by atoms with Crippen LogP contribution in [0.1, 0.15) is 36.1 Å². The fraction of sp³-hybridized carbons (Fsp3) is 0.429. The van der Waals surface area contributed by atoms with Crippen molar-refractivity contribution in [1.82, 2.24) is 5.32 Å². The van der Waals surface area contributed by atoms with E-state index in [4.69, 9.17) is 14.2 Å². The number of rotatable bonds is 6. The van der Waals surface area contributed by atoms with E-state index in [1.54, 1.807) is 11.3 Å². The lowest BCUT2D eigenvalue weighted by molar-refractivity contribution is -0.154. The summed E-state index contributed by atoms with van der Waals surface area (Å²) >= 11 is 1.57. The van der Waals surface area contributed by atoms with E-state index in [2.05, 4.69) is 5.32 Å². The smallest absolute Gasteiger partial charge is 0.317 e. The molecule has 2 aliphatic rings. The molecule has 1 aliphatic carbocycles. The predicted molar refractivity (Wildman–Crippen MR) is 105 cm³/mol. The molecule has 1 fully saturated rings. The van der Waals surface area contributed by atoms with Crippen LogP contribution < -0.4 is 14.8 Å². The van der Waals surface area contributed by atoms with E-state index in [0.29, 0.717) is 44.1 Å². The average Bonchev–Trinajstić information content (AvgIpc) is 3.42. The standard InChI is InChI=1S/C21H23NO5S/c23-19(22-13-16-4-3-11-28-16)14-27-20(24)21(7-1-2-8-21)15-5-6-17-18(12-15)26-10-9-25-17/h3-6,11-12H,1-2,7-10,13-14H2,(H,22,23). The minimum absolute atomic E-state index is 0.267. The van der Waals surface area contributed by atoms with Gasteiger partial charge in [0, 0.05) is 4.88 Å². The number of fused-ring (bicyclic) bond motifs is 1. The van der Waals surface area contributed by atoms with Crippen LogP contribution in [0.2, 0.25) is 0 Å². The Morgan fingerprint density at radius 2 is 1.89 bits per heavy atom. The maximum Gasteiger partial charge on any atom is 0.317 e. The number of thiophene rings is 1. The van der Waals surface area contributed by atoms with Crippen molar-refractivity contribution < 1.29 is 23.8 Å². The third-order valence-corrected chi connectivity index (χ3v) is 6.19. The molecule has 7 heteroatoms. The molecule has 28 heavy (non-hydrogen) atoms. The van der Waals surface area contributed by atoms with Gasteiger partial charge in [-0.05, 0) is 42.0 Å². The molecule has 1 aromatic heterocycles. The highest BCUT2D eigenvalue weighted by atomic mass is 32.1. The monoisotopic (exact) mass is 401 g/mol. The Labute approximate surface area is 167 Å². The summed E-state index contributed by atoms with van der Waals surface area (Å²) in [6, 6.07) is 9.54. The van der Waals surface area contributed by atoms with E-state index in [-0.39, 0.29) is 18.5 Å². The lowest BCUT2D eigenvalue weighted by Gasteiger charge is -2.28. The van der Waals surface area contributed by atoms with Crippen molar-refractivity contribution in [3.63, 3.8) is 0 Å². The van der Waals surface area contributed by atoms with E-state index in [1.807, 2.05) is 35.7 Å². The number of hydrogen-bond acceptors (Lipinski definition) is 6. The van der Waals surface area contributed by atoms with Crippen LogP contribution in [0.3, 0.4) is 0 Å². The van der Waals surface area contributed by atoms with E-state index in [0.717, 1.165) is 23.3 Å². The number of esters is 1. The molecule has 1 aliphatic heterocycles. The first-order valence-corrected chi connectivity index (χ1v) is 10.4. The van der Waals surface area contributed by atoms with Crippen LogP contribution in [0.5, 0.6) is 11.5 Å². The SMILES string of the molecule is O=C(COC(=O)C1(c2ccc3c(c2)OCCO3)CCCC1)NCc1cccs1. The molecule has 1 N–H and O–H groups in total. The highest BCUT2D eigenvalue weighted by Gasteiger charge is 2.45. The van der Waals surface area contributed by atoms with Crippen molar-refractivity contribution in [2.24, 2.45) is 0 Å². The van der Waals surface area contributed by atoms with Crippen LogP contribution in [0, 0.1) is 0 Å². The maximum atomic E-state index is 13.0. The Morgan fingerprint density at radius 1 is 1.11 bits per heavy atom. The van der Waals surface area contributed by atoms with Gasteiger partial charge in [0.15, 0.2) is 18.1 Å². The molecule has 0 saturated heterocycles. The summed E-state index contributed by atoms with van der Waals surface area (Å²) in [6.07, 6.45) is 3.33. The summed E-state index contributed by atoms with van der Waals surface area (Å²) in [6.45, 7) is 1.20. The summed E-state index contributed by atoms with van der Waals surface area (Å²) in [5.74, 6) is 0.728. The summed E-state index contributed by atoms with van der Waals surface area (Å²) in [7, 11) is 0. The molecule has 1 amide bonds. The minimum Gasteiger partial charge on any atom is -0.486 e. The molecular weight excluding hydrogens is 378 g/mol. The highest BCUT2D eigenvalue weighted by Crippen LogP contribution is 2.45. The molecular formula is C21H23NO5S. The van der Waals surface area contributed by atoms with Gasteiger partial charge in [0.25, 0.3) is 5.91 Å². The topological polar surface area (TPSA) is 73.9 Å². The van der Waals surface area contributed by atoms with E-state index >= 15 is 0 Å². The quantitative estimate of drug-likeness (QED) is 0.753. The van der Waals surface area contributed by atoms with Crippen LogP contribution in [0.15, 0.2) is 35.7 Å². The van der Waals surface area contributed by atoms with Crippen LogP contribution >= 0.6 is 11.3 Å². The van der Waals surface area contributed by atoms with Gasteiger partial charge < -0.3 is 19.5 Å². The van der Waals surface area contributed by atoms with Crippen molar-refractivity contribution in [3.05, 3.63) is 46.2 Å². The van der Waals surface area contributed by atoms with Crippen LogP contribution in [-0.4, -0.2) is 31.7 Å². The molecule has 1 aromatic carbocycles.